The summed E-state index contributed by atoms with van der Waals surface area (Å²) >= 11 is 1.90. The number of carbonyl (C=O) groups excluding carboxylic acids is 3. The van der Waals surface area contributed by atoms with Crippen LogP contribution in [0.5, 0.6) is 0 Å². The van der Waals surface area contributed by atoms with Crippen LogP contribution in [0, 0.1) is 36.4 Å². The number of halogens is 7. The highest BCUT2D eigenvalue weighted by Crippen LogP contribution is 2.39. The number of thiazole rings is 2. The normalized spacial score (nSPS) is 15.8. The molecule has 3 atom stereocenters. The number of nitrogens with zero attached hydrogens (tertiary/aromatic N) is 15. The van der Waals surface area contributed by atoms with Crippen molar-refractivity contribution in [1.29, 1.82) is 0 Å². The highest BCUT2D eigenvalue weighted by Gasteiger charge is 2.36. The van der Waals surface area contributed by atoms with Crippen molar-refractivity contribution in [3.63, 3.8) is 0 Å². The summed E-state index contributed by atoms with van der Waals surface area (Å²) in [7, 11) is 5.06. The number of ketones is 3. The van der Waals surface area contributed by atoms with Gasteiger partial charge in [0.15, 0.2) is 23.0 Å². The topological polar surface area (TPSA) is 197 Å². The first kappa shape index (κ1) is 66.5. The lowest BCUT2D eigenvalue weighted by Gasteiger charge is -2.22. The molecule has 502 valence electrons. The van der Waals surface area contributed by atoms with Crippen LogP contribution in [0.25, 0.3) is 66.2 Å². The largest absolute Gasteiger partial charge is 0.434 e. The number of carbonyl (C=O) groups is 3. The summed E-state index contributed by atoms with van der Waals surface area (Å²) in [5, 5.41) is 15.3. The smallest absolute Gasteiger partial charge is 0.334 e. The highest BCUT2D eigenvalue weighted by molar-refractivity contribution is 7.13. The van der Waals surface area contributed by atoms with E-state index in [0.717, 1.165) is 106 Å². The van der Waals surface area contributed by atoms with Crippen molar-refractivity contribution in [3.8, 4) is 66.2 Å². The van der Waals surface area contributed by atoms with E-state index in [4.69, 9.17) is 4.98 Å². The Hall–Kier alpha value is -10.2. The Labute approximate surface area is 565 Å². The molecule has 18 nitrogen and oxygen atoms in total. The van der Waals surface area contributed by atoms with E-state index >= 15 is 0 Å². The molecule has 0 fully saturated rings. The number of alkyl halides is 5. The second kappa shape index (κ2) is 28.1. The number of aryl methyl sites for hydroxylation is 6. The molecule has 3 unspecified atom stereocenters. The molecule has 0 saturated heterocycles. The van der Waals surface area contributed by atoms with Gasteiger partial charge in [0.1, 0.15) is 61.8 Å². The first-order valence-corrected chi connectivity index (χ1v) is 33.5. The van der Waals surface area contributed by atoms with Gasteiger partial charge < -0.3 is 13.7 Å². The zero-order valence-corrected chi connectivity index (χ0v) is 55.2. The van der Waals surface area contributed by atoms with Gasteiger partial charge in [0.05, 0.1) is 46.8 Å². The Morgan fingerprint density at radius 1 is 0.541 bits per heavy atom. The number of rotatable bonds is 16. The van der Waals surface area contributed by atoms with Crippen LogP contribution < -0.4 is 0 Å². The lowest BCUT2D eigenvalue weighted by Crippen LogP contribution is -2.23. The lowest BCUT2D eigenvalue weighted by molar-refractivity contribution is -0.140. The van der Waals surface area contributed by atoms with Gasteiger partial charge in [-0.25, -0.2) is 38.1 Å². The molecule has 3 aliphatic heterocycles. The molecule has 15 rings (SSSR count). The predicted octanol–water partition coefficient (Wildman–Crippen LogP) is 15.2. The van der Waals surface area contributed by atoms with Gasteiger partial charge in [-0.2, -0.15) is 32.9 Å². The van der Waals surface area contributed by atoms with E-state index in [1.165, 1.54) is 39.3 Å². The number of hydrogen-bond donors (Lipinski definition) is 0. The van der Waals surface area contributed by atoms with Crippen LogP contribution in [0.4, 0.5) is 30.7 Å². The van der Waals surface area contributed by atoms with Gasteiger partial charge in [0.25, 0.3) is 6.43 Å². The second-order valence-corrected chi connectivity index (χ2v) is 26.4. The quantitative estimate of drug-likeness (QED) is 0.0656. The molecule has 0 aliphatic carbocycles. The molecule has 9 aromatic heterocycles. The molecule has 3 aromatic carbocycles. The number of hydrogen-bond acceptors (Lipinski definition) is 14. The summed E-state index contributed by atoms with van der Waals surface area (Å²) in [5.41, 5.74) is 7.91. The summed E-state index contributed by atoms with van der Waals surface area (Å²) < 4.78 is 104. The molecule has 0 bridgehead atoms. The van der Waals surface area contributed by atoms with E-state index in [9.17, 15) is 45.1 Å². The first-order valence-electron chi connectivity index (χ1n) is 31.8. The molecule has 3 aliphatic rings. The Balaban J connectivity index is 0.000000132. The summed E-state index contributed by atoms with van der Waals surface area (Å²) in [6, 6.07) is 29.6. The fourth-order valence-electron chi connectivity index (χ4n) is 12.9. The molecule has 0 saturated carbocycles. The van der Waals surface area contributed by atoms with Gasteiger partial charge in [0.2, 0.25) is 5.95 Å². The van der Waals surface area contributed by atoms with E-state index in [2.05, 4.69) is 67.7 Å². The highest BCUT2D eigenvalue weighted by atomic mass is 32.1. The minimum Gasteiger partial charge on any atom is -0.334 e. The van der Waals surface area contributed by atoms with Gasteiger partial charge in [-0.1, -0.05) is 78.9 Å². The molecular weight excluding hydrogens is 1310 g/mol. The van der Waals surface area contributed by atoms with Crippen LogP contribution in [-0.2, 0) is 66.2 Å². The Kier molecular flexibility index (Phi) is 19.1. The number of benzene rings is 3. The van der Waals surface area contributed by atoms with E-state index in [1.54, 1.807) is 47.7 Å². The van der Waals surface area contributed by atoms with E-state index in [-0.39, 0.29) is 75.2 Å². The maximum atomic E-state index is 14.9. The summed E-state index contributed by atoms with van der Waals surface area (Å²) in [4.78, 5) is 65.8. The zero-order chi connectivity index (χ0) is 68.5. The standard InChI is InChI=1S/C25H25N5O.C23H19F4N5OS.C23H20F3N5OS/c1-17-8-9-21(26-14-17)20-15-27-29(2)25(20)23(31)12-18-10-11-30-16-22(28-24(30)13-18)19-6-4-3-5-7-19;1-31-20(15(11-28-31)22-29-17(12-34-22)23(25,26)27)16(33)9-13-7-8-32-18(10-13)30-19(21(32)24)14-5-3-2-4-6-14;1-30-21(16(10-27-30)23-29-18(12-33-23)22(25)26)19(32)7-13-5-6-31-11-17(28-20(31)8-13)14-3-2-4-15(24)9-14/h3-9,14-16,18H,10-13H2,1-2H3;2-6,11-13H,7-10H2,1H3;2-4,9-13,22H,5-8H2,1H3. The van der Waals surface area contributed by atoms with Crippen LogP contribution in [0.1, 0.15) is 111 Å². The Bertz CT molecular complexity index is 4870. The summed E-state index contributed by atoms with van der Waals surface area (Å²) in [6.07, 6.45) is 8.43. The fraction of sp³-hybridized carbons (Fsp3) is 0.296. The molecule has 0 spiro atoms. The maximum Gasteiger partial charge on any atom is 0.434 e. The lowest BCUT2D eigenvalue weighted by atomic mass is 9.90. The van der Waals surface area contributed by atoms with Gasteiger partial charge in [0, 0.05) is 131 Å². The molecule has 0 radical (unpaired) electrons. The minimum atomic E-state index is -4.56. The molecular formula is C71H64F7N15O3S2. The number of imidazole rings is 3. The molecule has 12 heterocycles. The minimum absolute atomic E-state index is 0.0739. The Morgan fingerprint density at radius 2 is 1.04 bits per heavy atom. The Morgan fingerprint density at radius 3 is 1.56 bits per heavy atom. The van der Waals surface area contributed by atoms with Crippen LogP contribution >= 0.6 is 22.7 Å². The van der Waals surface area contributed by atoms with E-state index in [0.29, 0.717) is 83.4 Å². The maximum absolute atomic E-state index is 14.9. The van der Waals surface area contributed by atoms with E-state index < -0.39 is 18.3 Å². The molecule has 27 heteroatoms. The molecule has 0 N–H and O–H groups in total. The number of Topliss-reactive ketones (excluding diaryl/α,β-unsaturated/α-hetero) is 3. The van der Waals surface area contributed by atoms with Gasteiger partial charge in [-0.3, -0.25) is 33.4 Å². The third-order valence-corrected chi connectivity index (χ3v) is 19.7. The molecule has 0 amide bonds. The number of fused-ring (bicyclic) bond motifs is 3. The average molecular weight is 1370 g/mol. The summed E-state index contributed by atoms with van der Waals surface area (Å²) in [6.45, 7) is 4.02. The van der Waals surface area contributed by atoms with Crippen LogP contribution in [0.15, 0.2) is 145 Å². The SMILES string of the molecule is Cc1ccc(-c2cnn(C)c2C(=O)CC2CCn3cc(-c4ccccc4)nc3C2)nc1.Cn1ncc(-c2nc(C(F)(F)F)cs2)c1C(=O)CC1CCn2c(nc(-c3ccccc3)c2F)C1.Cn1ncc(-c2nc(C(F)F)cs2)c1C(=O)CC1CCn2cc(-c3cccc(F)c3)nc2C1. The molecule has 12 aromatic rings. The van der Waals surface area contributed by atoms with Crippen molar-refractivity contribution in [2.24, 2.45) is 38.9 Å². The van der Waals surface area contributed by atoms with E-state index in [1.807, 2.05) is 81.0 Å². The van der Waals surface area contributed by atoms with Crippen molar-refractivity contribution in [3.05, 3.63) is 208 Å². The monoisotopic (exact) mass is 1370 g/mol. The van der Waals surface area contributed by atoms with Crippen LogP contribution in [0.2, 0.25) is 0 Å². The predicted molar refractivity (Wildman–Crippen MR) is 355 cm³/mol. The van der Waals surface area contributed by atoms with Crippen LogP contribution in [0.3, 0.4) is 0 Å². The first-order chi connectivity index (χ1) is 47.2. The van der Waals surface area contributed by atoms with Crippen LogP contribution in [-0.4, -0.2) is 90.3 Å². The number of pyridine rings is 1. The van der Waals surface area contributed by atoms with Crippen molar-refractivity contribution in [2.75, 3.05) is 0 Å². The zero-order valence-electron chi connectivity index (χ0n) is 53.5. The molecule has 98 heavy (non-hydrogen) atoms. The van der Waals surface area contributed by atoms with Crippen molar-refractivity contribution in [2.45, 2.75) is 96.9 Å². The third-order valence-electron chi connectivity index (χ3n) is 17.9. The van der Waals surface area contributed by atoms with Crippen molar-refractivity contribution in [1.82, 2.24) is 72.9 Å². The van der Waals surface area contributed by atoms with Gasteiger partial charge >= 0.3 is 6.18 Å². The van der Waals surface area contributed by atoms with Crippen molar-refractivity contribution >= 4 is 40.0 Å². The number of aromatic nitrogens is 15. The summed E-state index contributed by atoms with van der Waals surface area (Å²) in [5.74, 6) is 1.88. The van der Waals surface area contributed by atoms with Gasteiger partial charge in [-0.15, -0.1) is 22.7 Å². The fourth-order valence-corrected chi connectivity index (χ4v) is 14.6. The van der Waals surface area contributed by atoms with Gasteiger partial charge in [-0.05, 0) is 67.7 Å². The third kappa shape index (κ3) is 14.3. The second-order valence-electron chi connectivity index (χ2n) is 24.7. The average Bonchev–Trinajstić information content (AvgIpc) is 1.65. The van der Waals surface area contributed by atoms with Crippen molar-refractivity contribution < 1.29 is 45.1 Å².